The number of carbonyl (C=O) groups is 1. The van der Waals surface area contributed by atoms with Crippen molar-refractivity contribution in [3.05, 3.63) is 42.1 Å². The molecule has 0 aliphatic carbocycles. The summed E-state index contributed by atoms with van der Waals surface area (Å²) in [6.45, 7) is 6.23. The predicted molar refractivity (Wildman–Crippen MR) is 73.7 cm³/mol. The largest absolute Gasteiger partial charge is 0.416 e. The van der Waals surface area contributed by atoms with Crippen molar-refractivity contribution in [3.8, 4) is 5.75 Å². The number of ether oxygens (including phenoxy) is 1. The highest BCUT2D eigenvalue weighted by Gasteiger charge is 2.09. The Hall–Kier alpha value is -1.77. The molecule has 0 spiro atoms. The lowest BCUT2D eigenvalue weighted by atomic mass is 10.0. The van der Waals surface area contributed by atoms with Gasteiger partial charge in [0.15, 0.2) is 0 Å². The second kappa shape index (κ2) is 7.54. The predicted octanol–water partition coefficient (Wildman–Crippen LogP) is 4.21. The fourth-order valence-corrected chi connectivity index (χ4v) is 1.56. The highest BCUT2D eigenvalue weighted by Crippen LogP contribution is 2.25. The normalized spacial score (nSPS) is 10.9. The van der Waals surface area contributed by atoms with Crippen LogP contribution in [0.4, 0.5) is 4.79 Å². The van der Waals surface area contributed by atoms with Crippen LogP contribution in [0.2, 0.25) is 0 Å². The van der Waals surface area contributed by atoms with E-state index in [9.17, 15) is 4.79 Å². The van der Waals surface area contributed by atoms with Crippen molar-refractivity contribution in [2.24, 2.45) is 0 Å². The highest BCUT2D eigenvalue weighted by molar-refractivity contribution is 5.71. The van der Waals surface area contributed by atoms with Crippen molar-refractivity contribution in [1.29, 1.82) is 0 Å². The van der Waals surface area contributed by atoms with Crippen molar-refractivity contribution in [2.45, 2.75) is 39.5 Å². The van der Waals surface area contributed by atoms with Gasteiger partial charge < -0.3 is 4.74 Å². The van der Waals surface area contributed by atoms with Crippen molar-refractivity contribution < 1.29 is 9.53 Å². The van der Waals surface area contributed by atoms with E-state index in [1.165, 1.54) is 0 Å². The smallest absolute Gasteiger partial charge is 0.410 e. The Labute approximate surface area is 109 Å². The van der Waals surface area contributed by atoms with Crippen LogP contribution in [0.25, 0.3) is 0 Å². The van der Waals surface area contributed by atoms with Gasteiger partial charge in [0.05, 0.1) is 0 Å². The van der Waals surface area contributed by atoms with Crippen LogP contribution < -0.4 is 10.1 Å². The second-order valence-corrected chi connectivity index (χ2v) is 4.42. The Morgan fingerprint density at radius 1 is 1.39 bits per heavy atom. The molecule has 0 bridgehead atoms. The molecule has 0 unspecified atom stereocenters. The molecule has 18 heavy (non-hydrogen) atoms. The summed E-state index contributed by atoms with van der Waals surface area (Å²) in [5, 5.41) is 2.59. The monoisotopic (exact) mass is 247 g/mol. The molecule has 0 heterocycles. The van der Waals surface area contributed by atoms with Gasteiger partial charge in [0, 0.05) is 6.20 Å². The molecule has 1 N–H and O–H groups in total. The number of amides is 1. The third kappa shape index (κ3) is 4.62. The van der Waals surface area contributed by atoms with E-state index in [2.05, 4.69) is 26.1 Å². The molecule has 1 rings (SSSR count). The summed E-state index contributed by atoms with van der Waals surface area (Å²) in [6.07, 6.45) is 5.10. The van der Waals surface area contributed by atoms with Crippen molar-refractivity contribution in [2.75, 3.05) is 0 Å². The molecule has 1 aromatic rings. The van der Waals surface area contributed by atoms with Gasteiger partial charge in [0.1, 0.15) is 5.75 Å². The first-order valence-electron chi connectivity index (χ1n) is 6.37. The first-order valence-corrected chi connectivity index (χ1v) is 6.37. The summed E-state index contributed by atoms with van der Waals surface area (Å²) >= 11 is 0. The topological polar surface area (TPSA) is 38.3 Å². The summed E-state index contributed by atoms with van der Waals surface area (Å²) in [7, 11) is 0. The zero-order valence-electron chi connectivity index (χ0n) is 11.3. The van der Waals surface area contributed by atoms with Gasteiger partial charge in [-0.1, -0.05) is 51.5 Å². The molecule has 0 saturated carbocycles. The van der Waals surface area contributed by atoms with Gasteiger partial charge in [-0.05, 0) is 24.0 Å². The van der Waals surface area contributed by atoms with Gasteiger partial charge in [0.2, 0.25) is 0 Å². The van der Waals surface area contributed by atoms with E-state index in [1.807, 2.05) is 30.3 Å². The van der Waals surface area contributed by atoms with Gasteiger partial charge >= 0.3 is 6.09 Å². The van der Waals surface area contributed by atoms with Crippen LogP contribution in [0, 0.1) is 0 Å². The van der Waals surface area contributed by atoms with E-state index < -0.39 is 6.09 Å². The Morgan fingerprint density at radius 2 is 2.11 bits per heavy atom. The minimum atomic E-state index is -0.449. The standard InChI is InChI=1S/C15H21NO2/c1-4-5-8-11-16-15(17)18-14-10-7-6-9-13(14)12(2)3/h6-12H,4-5H2,1-3H3,(H,16,17). The minimum Gasteiger partial charge on any atom is -0.410 e. The quantitative estimate of drug-likeness (QED) is 0.846. The van der Waals surface area contributed by atoms with E-state index >= 15 is 0 Å². The average Bonchev–Trinajstić information content (AvgIpc) is 2.35. The molecule has 1 amide bonds. The maximum atomic E-state index is 11.6. The number of unbranched alkanes of at least 4 members (excludes halogenated alkanes) is 1. The van der Waals surface area contributed by atoms with E-state index in [1.54, 1.807) is 6.20 Å². The molecule has 3 heteroatoms. The van der Waals surface area contributed by atoms with Gasteiger partial charge in [0.25, 0.3) is 0 Å². The van der Waals surface area contributed by atoms with Gasteiger partial charge in [-0.2, -0.15) is 0 Å². The highest BCUT2D eigenvalue weighted by atomic mass is 16.6. The molecule has 0 aliphatic heterocycles. The number of nitrogens with one attached hydrogen (secondary N) is 1. The zero-order chi connectivity index (χ0) is 13.4. The van der Waals surface area contributed by atoms with E-state index in [0.29, 0.717) is 11.7 Å². The van der Waals surface area contributed by atoms with Crippen LogP contribution in [0.3, 0.4) is 0 Å². The summed E-state index contributed by atoms with van der Waals surface area (Å²) in [4.78, 5) is 11.6. The van der Waals surface area contributed by atoms with Crippen LogP contribution in [-0.2, 0) is 0 Å². The van der Waals surface area contributed by atoms with Crippen molar-refractivity contribution in [3.63, 3.8) is 0 Å². The fraction of sp³-hybridized carbons (Fsp3) is 0.400. The molecule has 0 aromatic heterocycles. The van der Waals surface area contributed by atoms with Crippen LogP contribution in [0.1, 0.15) is 45.1 Å². The van der Waals surface area contributed by atoms with E-state index in [0.717, 1.165) is 18.4 Å². The molecule has 0 atom stereocenters. The number of carbonyl (C=O) groups excluding carboxylic acids is 1. The Kier molecular flexibility index (Phi) is 5.98. The lowest BCUT2D eigenvalue weighted by molar-refractivity contribution is 0.204. The lowest BCUT2D eigenvalue weighted by Gasteiger charge is -2.11. The second-order valence-electron chi connectivity index (χ2n) is 4.42. The number of hydrogen-bond donors (Lipinski definition) is 1. The van der Waals surface area contributed by atoms with Crippen LogP contribution >= 0.6 is 0 Å². The van der Waals surface area contributed by atoms with Crippen LogP contribution in [-0.4, -0.2) is 6.09 Å². The molecule has 0 radical (unpaired) electrons. The molecule has 3 nitrogen and oxygen atoms in total. The van der Waals surface area contributed by atoms with Crippen molar-refractivity contribution >= 4 is 6.09 Å². The van der Waals surface area contributed by atoms with E-state index in [-0.39, 0.29) is 0 Å². The number of para-hydroxylation sites is 1. The average molecular weight is 247 g/mol. The SMILES string of the molecule is CCCC=CNC(=O)Oc1ccccc1C(C)C. The molecule has 98 valence electrons. The minimum absolute atomic E-state index is 0.324. The first-order chi connectivity index (χ1) is 8.65. The number of rotatable bonds is 5. The third-order valence-electron chi connectivity index (χ3n) is 2.52. The van der Waals surface area contributed by atoms with E-state index in [4.69, 9.17) is 4.74 Å². The third-order valence-corrected chi connectivity index (χ3v) is 2.52. The molecular formula is C15H21NO2. The summed E-state index contributed by atoms with van der Waals surface area (Å²) < 4.78 is 5.29. The number of hydrogen-bond acceptors (Lipinski definition) is 2. The van der Waals surface area contributed by atoms with Crippen LogP contribution in [0.5, 0.6) is 5.75 Å². The number of allylic oxidation sites excluding steroid dienone is 1. The zero-order valence-corrected chi connectivity index (χ0v) is 11.3. The van der Waals surface area contributed by atoms with Gasteiger partial charge in [-0.15, -0.1) is 0 Å². The lowest BCUT2D eigenvalue weighted by Crippen LogP contribution is -2.22. The van der Waals surface area contributed by atoms with Gasteiger partial charge in [-0.25, -0.2) is 4.79 Å². The molecular weight excluding hydrogens is 226 g/mol. The van der Waals surface area contributed by atoms with Crippen LogP contribution in [0.15, 0.2) is 36.5 Å². The molecule has 0 fully saturated rings. The Morgan fingerprint density at radius 3 is 2.78 bits per heavy atom. The maximum Gasteiger partial charge on any atom is 0.416 e. The van der Waals surface area contributed by atoms with Crippen molar-refractivity contribution in [1.82, 2.24) is 5.32 Å². The Balaban J connectivity index is 2.59. The first kappa shape index (κ1) is 14.3. The molecule has 1 aromatic carbocycles. The van der Waals surface area contributed by atoms with Gasteiger partial charge in [-0.3, -0.25) is 5.32 Å². The summed E-state index contributed by atoms with van der Waals surface area (Å²) in [5.41, 5.74) is 1.03. The number of benzene rings is 1. The molecule has 0 aliphatic rings. The maximum absolute atomic E-state index is 11.6. The summed E-state index contributed by atoms with van der Waals surface area (Å²) in [5.74, 6) is 0.943. The fourth-order valence-electron chi connectivity index (χ4n) is 1.56. The Bertz CT molecular complexity index is 411. The summed E-state index contributed by atoms with van der Waals surface area (Å²) in [6, 6.07) is 7.59. The molecule has 0 saturated heterocycles.